The van der Waals surface area contributed by atoms with Gasteiger partial charge in [0.25, 0.3) is 0 Å². The summed E-state index contributed by atoms with van der Waals surface area (Å²) in [5.41, 5.74) is 5.38. The molecule has 1 aliphatic rings. The fraction of sp³-hybridized carbons (Fsp3) is 0.938. The number of rotatable bonds is 5. The van der Waals surface area contributed by atoms with Crippen molar-refractivity contribution in [1.82, 2.24) is 10.2 Å². The molecule has 1 fully saturated rings. The van der Waals surface area contributed by atoms with Crippen LogP contribution >= 0.6 is 0 Å². The Morgan fingerprint density at radius 3 is 2.62 bits per heavy atom. The summed E-state index contributed by atoms with van der Waals surface area (Å²) in [5, 5.41) is 3.57. The number of amides is 1. The van der Waals surface area contributed by atoms with E-state index >= 15 is 0 Å². The van der Waals surface area contributed by atoms with E-state index in [-0.39, 0.29) is 6.09 Å². The maximum absolute atomic E-state index is 12.1. The van der Waals surface area contributed by atoms with Crippen LogP contribution in [0.25, 0.3) is 0 Å². The van der Waals surface area contributed by atoms with Gasteiger partial charge in [-0.15, -0.1) is 0 Å². The van der Waals surface area contributed by atoms with Crippen molar-refractivity contribution in [2.24, 2.45) is 17.6 Å². The van der Waals surface area contributed by atoms with Crippen LogP contribution in [-0.4, -0.2) is 48.8 Å². The number of carbonyl (C=O) groups excluding carboxylic acids is 1. The molecule has 0 aromatic carbocycles. The topological polar surface area (TPSA) is 67.6 Å². The first-order chi connectivity index (χ1) is 9.73. The van der Waals surface area contributed by atoms with E-state index in [0.717, 1.165) is 32.5 Å². The minimum Gasteiger partial charge on any atom is -0.444 e. The van der Waals surface area contributed by atoms with E-state index in [4.69, 9.17) is 10.5 Å². The first kappa shape index (κ1) is 18.2. The van der Waals surface area contributed by atoms with Crippen LogP contribution in [0.5, 0.6) is 0 Å². The first-order valence-electron chi connectivity index (χ1n) is 8.14. The number of nitrogens with two attached hydrogens (primary N) is 1. The Morgan fingerprint density at radius 1 is 1.43 bits per heavy atom. The lowest BCUT2D eigenvalue weighted by atomic mass is 9.95. The third-order valence-electron chi connectivity index (χ3n) is 3.99. The van der Waals surface area contributed by atoms with Crippen molar-refractivity contribution in [3.05, 3.63) is 0 Å². The van der Waals surface area contributed by atoms with Gasteiger partial charge < -0.3 is 20.7 Å². The predicted octanol–water partition coefficient (Wildman–Crippen LogP) is 2.21. The molecule has 0 aliphatic carbocycles. The fourth-order valence-electron chi connectivity index (χ4n) is 2.55. The largest absolute Gasteiger partial charge is 0.444 e. The summed E-state index contributed by atoms with van der Waals surface area (Å²) in [7, 11) is 0. The molecule has 2 unspecified atom stereocenters. The summed E-state index contributed by atoms with van der Waals surface area (Å²) in [6.07, 6.45) is 1.92. The Labute approximate surface area is 129 Å². The minimum atomic E-state index is -0.431. The number of piperidine rings is 1. The van der Waals surface area contributed by atoms with Crippen molar-refractivity contribution in [1.29, 1.82) is 0 Å². The quantitative estimate of drug-likeness (QED) is 0.817. The molecule has 1 aliphatic heterocycles. The van der Waals surface area contributed by atoms with Gasteiger partial charge in [-0.05, 0) is 58.5 Å². The van der Waals surface area contributed by atoms with Gasteiger partial charge in [0.05, 0.1) is 0 Å². The summed E-state index contributed by atoms with van der Waals surface area (Å²) < 4.78 is 5.45. The zero-order valence-corrected chi connectivity index (χ0v) is 14.3. The Kier molecular flexibility index (Phi) is 6.94. The molecule has 1 saturated heterocycles. The number of likely N-dealkylation sites (tertiary alicyclic amines) is 1. The van der Waals surface area contributed by atoms with Crippen LogP contribution in [0.4, 0.5) is 4.79 Å². The molecular weight excluding hydrogens is 266 g/mol. The van der Waals surface area contributed by atoms with E-state index in [2.05, 4.69) is 19.2 Å². The number of hydrogen-bond donors (Lipinski definition) is 2. The highest BCUT2D eigenvalue weighted by atomic mass is 16.6. The molecule has 0 aromatic heterocycles. The maximum atomic E-state index is 12.1. The average molecular weight is 299 g/mol. The molecule has 5 heteroatoms. The fourth-order valence-corrected chi connectivity index (χ4v) is 2.55. The van der Waals surface area contributed by atoms with Crippen molar-refractivity contribution in [2.75, 3.05) is 26.2 Å². The minimum absolute atomic E-state index is 0.201. The molecule has 0 spiro atoms. The summed E-state index contributed by atoms with van der Waals surface area (Å²) in [6, 6.07) is 0.346. The molecule has 3 N–H and O–H groups in total. The second-order valence-corrected chi connectivity index (χ2v) is 7.41. The number of ether oxygens (including phenoxy) is 1. The van der Waals surface area contributed by atoms with Gasteiger partial charge in [-0.3, -0.25) is 0 Å². The van der Waals surface area contributed by atoms with E-state index in [1.54, 1.807) is 0 Å². The second kappa shape index (κ2) is 7.99. The van der Waals surface area contributed by atoms with Crippen molar-refractivity contribution < 1.29 is 9.53 Å². The lowest BCUT2D eigenvalue weighted by Crippen LogP contribution is -2.50. The van der Waals surface area contributed by atoms with Crippen LogP contribution in [0.2, 0.25) is 0 Å². The lowest BCUT2D eigenvalue weighted by molar-refractivity contribution is 0.0186. The van der Waals surface area contributed by atoms with Gasteiger partial charge in [-0.2, -0.15) is 0 Å². The second-order valence-electron chi connectivity index (χ2n) is 7.41. The summed E-state index contributed by atoms with van der Waals surface area (Å²) in [5.74, 6) is 1.06. The molecular formula is C16H33N3O2. The van der Waals surface area contributed by atoms with Gasteiger partial charge in [-0.25, -0.2) is 4.79 Å². The molecule has 1 heterocycles. The first-order valence-corrected chi connectivity index (χ1v) is 8.14. The molecule has 0 saturated carbocycles. The molecule has 1 amide bonds. The van der Waals surface area contributed by atoms with Gasteiger partial charge in [0.1, 0.15) is 5.60 Å². The standard InChI is InChI=1S/C16H33N3O2/c1-12(2)13(9-17)10-18-14-7-6-8-19(11-14)15(20)21-16(3,4)5/h12-14,18H,6-11,17H2,1-5H3. The van der Waals surface area contributed by atoms with Crippen LogP contribution in [0.1, 0.15) is 47.5 Å². The molecule has 0 radical (unpaired) electrons. The Morgan fingerprint density at radius 2 is 2.10 bits per heavy atom. The number of carbonyl (C=O) groups is 1. The monoisotopic (exact) mass is 299 g/mol. The third-order valence-corrected chi connectivity index (χ3v) is 3.99. The van der Waals surface area contributed by atoms with Crippen LogP contribution in [0, 0.1) is 11.8 Å². The summed E-state index contributed by atoms with van der Waals surface area (Å²) in [4.78, 5) is 13.9. The molecule has 0 aromatic rings. The Balaban J connectivity index is 2.43. The molecule has 5 nitrogen and oxygen atoms in total. The van der Waals surface area contributed by atoms with E-state index in [0.29, 0.717) is 24.4 Å². The summed E-state index contributed by atoms with van der Waals surface area (Å²) >= 11 is 0. The van der Waals surface area contributed by atoms with Crippen molar-refractivity contribution >= 4 is 6.09 Å². The molecule has 0 bridgehead atoms. The van der Waals surface area contributed by atoms with E-state index in [1.165, 1.54) is 0 Å². The van der Waals surface area contributed by atoms with Crippen molar-refractivity contribution in [2.45, 2.75) is 59.1 Å². The van der Waals surface area contributed by atoms with Gasteiger partial charge in [0, 0.05) is 19.1 Å². The predicted molar refractivity (Wildman–Crippen MR) is 86.2 cm³/mol. The average Bonchev–Trinajstić information content (AvgIpc) is 2.37. The highest BCUT2D eigenvalue weighted by molar-refractivity contribution is 5.68. The lowest BCUT2D eigenvalue weighted by Gasteiger charge is -2.35. The molecule has 21 heavy (non-hydrogen) atoms. The van der Waals surface area contributed by atoms with Gasteiger partial charge >= 0.3 is 6.09 Å². The Hall–Kier alpha value is -0.810. The Bertz CT molecular complexity index is 326. The van der Waals surface area contributed by atoms with E-state index in [9.17, 15) is 4.79 Å². The normalized spacial score (nSPS) is 21.5. The third kappa shape index (κ3) is 6.66. The maximum Gasteiger partial charge on any atom is 0.410 e. The number of nitrogens with zero attached hydrogens (tertiary/aromatic N) is 1. The number of nitrogens with one attached hydrogen (secondary N) is 1. The summed E-state index contributed by atoms with van der Waals surface area (Å²) in [6.45, 7) is 13.2. The highest BCUT2D eigenvalue weighted by Gasteiger charge is 2.27. The SMILES string of the molecule is CC(C)C(CN)CNC1CCCN(C(=O)OC(C)(C)C)C1. The van der Waals surface area contributed by atoms with Gasteiger partial charge in [0.15, 0.2) is 0 Å². The van der Waals surface area contributed by atoms with Crippen LogP contribution in [0.15, 0.2) is 0 Å². The van der Waals surface area contributed by atoms with Crippen molar-refractivity contribution in [3.63, 3.8) is 0 Å². The van der Waals surface area contributed by atoms with E-state index in [1.807, 2.05) is 25.7 Å². The van der Waals surface area contributed by atoms with Crippen molar-refractivity contribution in [3.8, 4) is 0 Å². The number of hydrogen-bond acceptors (Lipinski definition) is 4. The zero-order valence-electron chi connectivity index (χ0n) is 14.3. The van der Waals surface area contributed by atoms with Gasteiger partial charge in [0.2, 0.25) is 0 Å². The highest BCUT2D eigenvalue weighted by Crippen LogP contribution is 2.16. The van der Waals surface area contributed by atoms with Crippen LogP contribution in [0.3, 0.4) is 0 Å². The van der Waals surface area contributed by atoms with Gasteiger partial charge in [-0.1, -0.05) is 13.8 Å². The molecule has 124 valence electrons. The van der Waals surface area contributed by atoms with Crippen LogP contribution < -0.4 is 11.1 Å². The zero-order chi connectivity index (χ0) is 16.0. The molecule has 2 atom stereocenters. The van der Waals surface area contributed by atoms with Crippen LogP contribution in [-0.2, 0) is 4.74 Å². The van der Waals surface area contributed by atoms with E-state index < -0.39 is 5.60 Å². The molecule has 1 rings (SSSR count). The smallest absolute Gasteiger partial charge is 0.410 e.